The number of hydrogen-bond donors (Lipinski definition) is 1. The van der Waals surface area contributed by atoms with Crippen molar-refractivity contribution < 1.29 is 22.3 Å². The second kappa shape index (κ2) is 6.31. The number of rotatable bonds is 5. The van der Waals surface area contributed by atoms with Crippen molar-refractivity contribution in [3.05, 3.63) is 52.8 Å². The summed E-state index contributed by atoms with van der Waals surface area (Å²) in [5.41, 5.74) is 3.27. The first-order valence-corrected chi connectivity index (χ1v) is 9.71. The quantitative estimate of drug-likeness (QED) is 0.885. The summed E-state index contributed by atoms with van der Waals surface area (Å²) in [5.74, 6) is 1.30. The molecule has 2 aliphatic rings. The molecule has 2 aromatic carbocycles. The van der Waals surface area contributed by atoms with Crippen molar-refractivity contribution in [3.63, 3.8) is 0 Å². The van der Waals surface area contributed by atoms with E-state index >= 15 is 0 Å². The van der Waals surface area contributed by atoms with E-state index < -0.39 is 15.8 Å². The standard InChI is InChI=1S/C18H18FNO4S/c19-13-1-3-14(4-2-13)25(21,22)20-8-5-16-15-7-10-23-17(15)11-12-6-9-24-18(12)16/h1-4,11,20H,5-10H2. The summed E-state index contributed by atoms with van der Waals surface area (Å²) in [5, 5.41) is 0. The van der Waals surface area contributed by atoms with Gasteiger partial charge in [-0.2, -0.15) is 0 Å². The molecule has 0 bridgehead atoms. The average molecular weight is 363 g/mol. The third-order valence-electron chi connectivity index (χ3n) is 4.55. The van der Waals surface area contributed by atoms with Crippen molar-refractivity contribution in [2.24, 2.45) is 0 Å². The predicted molar refractivity (Wildman–Crippen MR) is 90.1 cm³/mol. The van der Waals surface area contributed by atoms with E-state index in [-0.39, 0.29) is 11.4 Å². The summed E-state index contributed by atoms with van der Waals surface area (Å²) in [6.07, 6.45) is 2.18. The van der Waals surface area contributed by atoms with Gasteiger partial charge in [-0.25, -0.2) is 17.5 Å². The highest BCUT2D eigenvalue weighted by molar-refractivity contribution is 7.89. The molecular weight excluding hydrogens is 345 g/mol. The molecule has 2 heterocycles. The van der Waals surface area contributed by atoms with Gasteiger partial charge in [0.25, 0.3) is 0 Å². The van der Waals surface area contributed by atoms with Gasteiger partial charge in [0.1, 0.15) is 17.3 Å². The van der Waals surface area contributed by atoms with E-state index in [0.29, 0.717) is 19.6 Å². The molecule has 0 aromatic heterocycles. The molecule has 0 aliphatic carbocycles. The monoisotopic (exact) mass is 363 g/mol. The zero-order valence-corrected chi connectivity index (χ0v) is 14.4. The minimum atomic E-state index is -3.66. The summed E-state index contributed by atoms with van der Waals surface area (Å²) < 4.78 is 51.6. The number of hydrogen-bond acceptors (Lipinski definition) is 4. The highest BCUT2D eigenvalue weighted by Gasteiger charge is 2.26. The van der Waals surface area contributed by atoms with Crippen LogP contribution < -0.4 is 14.2 Å². The SMILES string of the molecule is O=S(=O)(NCCc1c2c(cc3c1OCC3)OCC2)c1ccc(F)cc1. The molecule has 7 heteroatoms. The molecule has 1 N–H and O–H groups in total. The Morgan fingerprint density at radius 3 is 2.64 bits per heavy atom. The lowest BCUT2D eigenvalue weighted by Gasteiger charge is -2.13. The van der Waals surface area contributed by atoms with Gasteiger partial charge in [0.2, 0.25) is 10.0 Å². The Kier molecular flexibility index (Phi) is 4.13. The van der Waals surface area contributed by atoms with E-state index in [1.54, 1.807) is 0 Å². The number of halogens is 1. The largest absolute Gasteiger partial charge is 0.493 e. The van der Waals surface area contributed by atoms with Gasteiger partial charge in [0, 0.05) is 36.1 Å². The maximum absolute atomic E-state index is 13.0. The lowest BCUT2D eigenvalue weighted by atomic mass is 9.97. The number of benzene rings is 2. The van der Waals surface area contributed by atoms with E-state index in [2.05, 4.69) is 4.72 Å². The van der Waals surface area contributed by atoms with Crippen molar-refractivity contribution >= 4 is 10.0 Å². The molecular formula is C18H18FNO4S. The summed E-state index contributed by atoms with van der Waals surface area (Å²) in [7, 11) is -3.66. The van der Waals surface area contributed by atoms with Gasteiger partial charge >= 0.3 is 0 Å². The molecule has 25 heavy (non-hydrogen) atoms. The molecule has 5 nitrogen and oxygen atoms in total. The number of fused-ring (bicyclic) bond motifs is 2. The third-order valence-corrected chi connectivity index (χ3v) is 6.03. The van der Waals surface area contributed by atoms with Gasteiger partial charge in [-0.05, 0) is 36.8 Å². The minimum Gasteiger partial charge on any atom is -0.493 e. The van der Waals surface area contributed by atoms with E-state index in [1.165, 1.54) is 12.1 Å². The van der Waals surface area contributed by atoms with Crippen LogP contribution in [0, 0.1) is 5.82 Å². The first-order valence-electron chi connectivity index (χ1n) is 8.23. The van der Waals surface area contributed by atoms with Gasteiger partial charge in [-0.3, -0.25) is 0 Å². The Labute approximate surface area is 145 Å². The third kappa shape index (κ3) is 3.09. The van der Waals surface area contributed by atoms with Crippen LogP contribution in [-0.4, -0.2) is 28.2 Å². The molecule has 4 rings (SSSR count). The molecule has 0 saturated carbocycles. The van der Waals surface area contributed by atoms with Crippen molar-refractivity contribution in [2.75, 3.05) is 19.8 Å². The van der Waals surface area contributed by atoms with Crippen LogP contribution in [0.25, 0.3) is 0 Å². The molecule has 0 unspecified atom stereocenters. The van der Waals surface area contributed by atoms with Crippen LogP contribution in [0.2, 0.25) is 0 Å². The predicted octanol–water partition coefficient (Wildman–Crippen LogP) is 2.22. The van der Waals surface area contributed by atoms with Crippen LogP contribution in [-0.2, 0) is 29.3 Å². The maximum Gasteiger partial charge on any atom is 0.240 e. The van der Waals surface area contributed by atoms with Crippen molar-refractivity contribution in [3.8, 4) is 11.5 Å². The van der Waals surface area contributed by atoms with Crippen LogP contribution in [0.1, 0.15) is 16.7 Å². The normalized spacial score (nSPS) is 15.4. The lowest BCUT2D eigenvalue weighted by Crippen LogP contribution is -2.26. The molecule has 0 spiro atoms. The van der Waals surface area contributed by atoms with Gasteiger partial charge in [-0.15, -0.1) is 0 Å². The Hall–Kier alpha value is -2.12. The van der Waals surface area contributed by atoms with Gasteiger partial charge in [0.15, 0.2) is 0 Å². The molecule has 0 radical (unpaired) electrons. The van der Waals surface area contributed by atoms with Gasteiger partial charge < -0.3 is 9.47 Å². The van der Waals surface area contributed by atoms with Crippen molar-refractivity contribution in [1.29, 1.82) is 0 Å². The Bertz CT molecular complexity index is 877. The fourth-order valence-corrected chi connectivity index (χ4v) is 4.39. The molecule has 0 atom stereocenters. The fraction of sp³-hybridized carbons (Fsp3) is 0.333. The van der Waals surface area contributed by atoms with Crippen LogP contribution in [0.4, 0.5) is 4.39 Å². The van der Waals surface area contributed by atoms with Crippen LogP contribution in [0.3, 0.4) is 0 Å². The highest BCUT2D eigenvalue weighted by atomic mass is 32.2. The van der Waals surface area contributed by atoms with E-state index in [1.807, 2.05) is 6.07 Å². The smallest absolute Gasteiger partial charge is 0.240 e. The highest BCUT2D eigenvalue weighted by Crippen LogP contribution is 2.40. The molecule has 2 aliphatic heterocycles. The van der Waals surface area contributed by atoms with Crippen molar-refractivity contribution in [1.82, 2.24) is 4.72 Å². The van der Waals surface area contributed by atoms with E-state index in [9.17, 15) is 12.8 Å². The van der Waals surface area contributed by atoms with Crippen LogP contribution in [0.5, 0.6) is 11.5 Å². The van der Waals surface area contributed by atoms with E-state index in [0.717, 1.165) is 53.2 Å². The lowest BCUT2D eigenvalue weighted by molar-refractivity contribution is 0.353. The van der Waals surface area contributed by atoms with Gasteiger partial charge in [-0.1, -0.05) is 0 Å². The second-order valence-electron chi connectivity index (χ2n) is 6.12. The van der Waals surface area contributed by atoms with Crippen molar-refractivity contribution in [2.45, 2.75) is 24.2 Å². The summed E-state index contributed by atoms with van der Waals surface area (Å²) in [6, 6.07) is 6.82. The second-order valence-corrected chi connectivity index (χ2v) is 7.89. The fourth-order valence-electron chi connectivity index (χ4n) is 3.36. The molecule has 0 amide bonds. The zero-order valence-electron chi connectivity index (χ0n) is 13.5. The Morgan fingerprint density at radius 2 is 1.84 bits per heavy atom. The molecule has 0 saturated heterocycles. The first kappa shape index (κ1) is 16.4. The Balaban J connectivity index is 1.52. The zero-order chi connectivity index (χ0) is 17.4. The molecule has 0 fully saturated rings. The number of nitrogens with one attached hydrogen (secondary N) is 1. The summed E-state index contributed by atoms with van der Waals surface area (Å²) in [6.45, 7) is 1.53. The topological polar surface area (TPSA) is 64.6 Å². The number of ether oxygens (including phenoxy) is 2. The average Bonchev–Trinajstić information content (AvgIpc) is 3.23. The first-order chi connectivity index (χ1) is 12.0. The maximum atomic E-state index is 13.0. The number of sulfonamides is 1. The minimum absolute atomic E-state index is 0.0528. The summed E-state index contributed by atoms with van der Waals surface area (Å²) >= 11 is 0. The van der Waals surface area contributed by atoms with E-state index in [4.69, 9.17) is 9.47 Å². The summed E-state index contributed by atoms with van der Waals surface area (Å²) in [4.78, 5) is 0.0528. The molecule has 2 aromatic rings. The van der Waals surface area contributed by atoms with Crippen LogP contribution >= 0.6 is 0 Å². The Morgan fingerprint density at radius 1 is 1.08 bits per heavy atom. The van der Waals surface area contributed by atoms with Crippen LogP contribution in [0.15, 0.2) is 35.2 Å². The molecule has 132 valence electrons. The van der Waals surface area contributed by atoms with Gasteiger partial charge in [0.05, 0.1) is 18.1 Å².